The fourth-order valence-electron chi connectivity index (χ4n) is 1.70. The molecule has 0 aromatic heterocycles. The highest BCUT2D eigenvalue weighted by atomic mass is 16.1. The third-order valence-corrected chi connectivity index (χ3v) is 3.19. The van der Waals surface area contributed by atoms with Crippen LogP contribution in [-0.4, -0.2) is 32.1 Å². The molecule has 0 rings (SSSR count). The van der Waals surface area contributed by atoms with Gasteiger partial charge in [-0.15, -0.1) is 0 Å². The van der Waals surface area contributed by atoms with Crippen LogP contribution < -0.4 is 16.4 Å². The van der Waals surface area contributed by atoms with Gasteiger partial charge in [0.1, 0.15) is 0 Å². The fourth-order valence-corrected chi connectivity index (χ4v) is 1.70. The summed E-state index contributed by atoms with van der Waals surface area (Å²) in [5, 5.41) is 5.97. The second kappa shape index (κ2) is 12.2. The van der Waals surface area contributed by atoms with Crippen LogP contribution in [0.2, 0.25) is 0 Å². The topological polar surface area (TPSA) is 67.2 Å². The van der Waals surface area contributed by atoms with Crippen LogP contribution in [0, 0.1) is 5.92 Å². The molecule has 4 N–H and O–H groups in total. The molecule has 19 heavy (non-hydrogen) atoms. The van der Waals surface area contributed by atoms with Gasteiger partial charge in [-0.1, -0.05) is 26.3 Å². The Morgan fingerprint density at radius 2 is 1.95 bits per heavy atom. The maximum absolute atomic E-state index is 11.4. The van der Waals surface area contributed by atoms with E-state index in [4.69, 9.17) is 5.73 Å². The van der Waals surface area contributed by atoms with E-state index in [1.807, 2.05) is 13.1 Å². The molecule has 0 fully saturated rings. The van der Waals surface area contributed by atoms with E-state index in [9.17, 15) is 4.79 Å². The molecule has 1 amide bonds. The summed E-state index contributed by atoms with van der Waals surface area (Å²) < 4.78 is 0. The second-order valence-electron chi connectivity index (χ2n) is 5.34. The van der Waals surface area contributed by atoms with Crippen LogP contribution in [0.5, 0.6) is 0 Å². The van der Waals surface area contributed by atoms with Gasteiger partial charge in [0.05, 0.1) is 0 Å². The molecule has 4 heteroatoms. The molecule has 4 nitrogen and oxygen atoms in total. The van der Waals surface area contributed by atoms with Crippen molar-refractivity contribution >= 4 is 5.91 Å². The molecule has 1 unspecified atom stereocenters. The van der Waals surface area contributed by atoms with Gasteiger partial charge in [0.15, 0.2) is 0 Å². The molecule has 0 aliphatic carbocycles. The highest BCUT2D eigenvalue weighted by Gasteiger charge is 2.06. The highest BCUT2D eigenvalue weighted by Crippen LogP contribution is 2.06. The molecule has 0 aliphatic heterocycles. The number of allylic oxidation sites excluding steroid dienone is 1. The molecule has 0 aromatic carbocycles. The van der Waals surface area contributed by atoms with Crippen molar-refractivity contribution in [2.45, 2.75) is 52.0 Å². The van der Waals surface area contributed by atoms with Crippen molar-refractivity contribution in [2.24, 2.45) is 11.7 Å². The van der Waals surface area contributed by atoms with E-state index < -0.39 is 0 Å². The molecule has 0 bridgehead atoms. The van der Waals surface area contributed by atoms with Gasteiger partial charge in [0.25, 0.3) is 0 Å². The maximum Gasteiger partial charge on any atom is 0.243 e. The standard InChI is InChI=1S/C15H31N3O/c1-13(2)14(16)9-6-8-12-18-15(19)10-5-4-7-11-17-3/h5,10,13-14,17H,4,6-9,11-12,16H2,1-3H3,(H,18,19)/b10-5-. The van der Waals surface area contributed by atoms with Gasteiger partial charge in [-0.25, -0.2) is 0 Å². The van der Waals surface area contributed by atoms with E-state index in [0.717, 1.165) is 45.2 Å². The fraction of sp³-hybridized carbons (Fsp3) is 0.800. The Morgan fingerprint density at radius 1 is 1.21 bits per heavy atom. The number of nitrogens with one attached hydrogen (secondary N) is 2. The summed E-state index contributed by atoms with van der Waals surface area (Å²) in [4.78, 5) is 11.4. The molecule has 112 valence electrons. The van der Waals surface area contributed by atoms with Gasteiger partial charge in [-0.05, 0) is 51.3 Å². The highest BCUT2D eigenvalue weighted by molar-refractivity contribution is 5.87. The first-order valence-corrected chi connectivity index (χ1v) is 7.42. The summed E-state index contributed by atoms with van der Waals surface area (Å²) in [7, 11) is 1.93. The van der Waals surface area contributed by atoms with Gasteiger partial charge in [0, 0.05) is 12.6 Å². The van der Waals surface area contributed by atoms with Crippen LogP contribution in [0.15, 0.2) is 12.2 Å². The number of amides is 1. The van der Waals surface area contributed by atoms with Gasteiger partial charge >= 0.3 is 0 Å². The summed E-state index contributed by atoms with van der Waals surface area (Å²) in [6, 6.07) is 0.280. The smallest absolute Gasteiger partial charge is 0.243 e. The zero-order valence-electron chi connectivity index (χ0n) is 12.7. The number of carbonyl (C=O) groups is 1. The van der Waals surface area contributed by atoms with Crippen molar-refractivity contribution < 1.29 is 4.79 Å². The van der Waals surface area contributed by atoms with E-state index in [1.165, 1.54) is 0 Å². The third-order valence-electron chi connectivity index (χ3n) is 3.19. The van der Waals surface area contributed by atoms with Crippen LogP contribution in [-0.2, 0) is 4.79 Å². The van der Waals surface area contributed by atoms with Crippen molar-refractivity contribution in [1.82, 2.24) is 10.6 Å². The van der Waals surface area contributed by atoms with E-state index >= 15 is 0 Å². The molecule has 0 aromatic rings. The SMILES string of the molecule is CNCCC/C=C\C(=O)NCCCCC(N)C(C)C. The zero-order chi connectivity index (χ0) is 14.5. The van der Waals surface area contributed by atoms with Gasteiger partial charge in [-0.2, -0.15) is 0 Å². The van der Waals surface area contributed by atoms with Crippen LogP contribution in [0.4, 0.5) is 0 Å². The Hall–Kier alpha value is -0.870. The second-order valence-corrected chi connectivity index (χ2v) is 5.34. The molecule has 0 heterocycles. The van der Waals surface area contributed by atoms with Crippen LogP contribution in [0.3, 0.4) is 0 Å². The maximum atomic E-state index is 11.4. The number of hydrogen-bond donors (Lipinski definition) is 3. The number of carbonyl (C=O) groups excluding carboxylic acids is 1. The van der Waals surface area contributed by atoms with Crippen molar-refractivity contribution in [2.75, 3.05) is 20.1 Å². The molecule has 0 radical (unpaired) electrons. The lowest BCUT2D eigenvalue weighted by Gasteiger charge is -2.14. The zero-order valence-corrected chi connectivity index (χ0v) is 12.7. The van der Waals surface area contributed by atoms with Gasteiger partial charge < -0.3 is 16.4 Å². The van der Waals surface area contributed by atoms with Crippen molar-refractivity contribution in [3.63, 3.8) is 0 Å². The van der Waals surface area contributed by atoms with Crippen LogP contribution in [0.1, 0.15) is 46.0 Å². The predicted octanol–water partition coefficient (Wildman–Crippen LogP) is 1.81. The lowest BCUT2D eigenvalue weighted by molar-refractivity contribution is -0.116. The van der Waals surface area contributed by atoms with E-state index in [1.54, 1.807) is 6.08 Å². The Labute approximate surface area is 118 Å². The van der Waals surface area contributed by atoms with Crippen LogP contribution in [0.25, 0.3) is 0 Å². The minimum absolute atomic E-state index is 0.0117. The van der Waals surface area contributed by atoms with E-state index in [0.29, 0.717) is 5.92 Å². The predicted molar refractivity (Wildman–Crippen MR) is 82.0 cm³/mol. The number of nitrogens with two attached hydrogens (primary N) is 1. The lowest BCUT2D eigenvalue weighted by atomic mass is 9.99. The Bertz CT molecular complexity index is 252. The molecular weight excluding hydrogens is 238 g/mol. The Balaban J connectivity index is 3.43. The first-order chi connectivity index (χ1) is 9.07. The van der Waals surface area contributed by atoms with Crippen molar-refractivity contribution in [3.8, 4) is 0 Å². The molecule has 0 aliphatic rings. The largest absolute Gasteiger partial charge is 0.353 e. The van der Waals surface area contributed by atoms with Crippen molar-refractivity contribution in [1.29, 1.82) is 0 Å². The first kappa shape index (κ1) is 18.1. The van der Waals surface area contributed by atoms with Gasteiger partial charge in [0.2, 0.25) is 5.91 Å². The molecule has 1 atom stereocenters. The summed E-state index contributed by atoms with van der Waals surface area (Å²) >= 11 is 0. The first-order valence-electron chi connectivity index (χ1n) is 7.42. The Morgan fingerprint density at radius 3 is 2.58 bits per heavy atom. The van der Waals surface area contributed by atoms with E-state index in [-0.39, 0.29) is 11.9 Å². The minimum atomic E-state index is 0.0117. The van der Waals surface area contributed by atoms with Crippen molar-refractivity contribution in [3.05, 3.63) is 12.2 Å². The average Bonchev–Trinajstić information content (AvgIpc) is 2.37. The minimum Gasteiger partial charge on any atom is -0.353 e. The van der Waals surface area contributed by atoms with E-state index in [2.05, 4.69) is 24.5 Å². The lowest BCUT2D eigenvalue weighted by Crippen LogP contribution is -2.27. The normalized spacial score (nSPS) is 13.1. The van der Waals surface area contributed by atoms with Crippen LogP contribution >= 0.6 is 0 Å². The number of hydrogen-bond acceptors (Lipinski definition) is 3. The Kier molecular flexibility index (Phi) is 11.6. The third kappa shape index (κ3) is 11.9. The molecule has 0 saturated carbocycles. The average molecular weight is 269 g/mol. The molecule has 0 spiro atoms. The quantitative estimate of drug-likeness (QED) is 0.396. The monoisotopic (exact) mass is 269 g/mol. The summed E-state index contributed by atoms with van der Waals surface area (Å²) in [5.41, 5.74) is 5.96. The summed E-state index contributed by atoms with van der Waals surface area (Å²) in [5.74, 6) is 0.549. The summed E-state index contributed by atoms with van der Waals surface area (Å²) in [6.07, 6.45) is 8.68. The molecule has 0 saturated heterocycles. The molecular formula is C15H31N3O. The summed E-state index contributed by atoms with van der Waals surface area (Å²) in [6.45, 7) is 6.02. The number of unbranched alkanes of at least 4 members (excludes halogenated alkanes) is 2. The van der Waals surface area contributed by atoms with Gasteiger partial charge in [-0.3, -0.25) is 4.79 Å². The number of rotatable bonds is 11.